The predicted molar refractivity (Wildman–Crippen MR) is 48.7 cm³/mol. The lowest BCUT2D eigenvalue weighted by atomic mass is 10.3. The van der Waals surface area contributed by atoms with E-state index in [-0.39, 0.29) is 0 Å². The maximum atomic E-state index is 12.9. The molecule has 2 atom stereocenters. The molecule has 0 aromatic heterocycles. The Labute approximate surface area is 137 Å². The number of hydrogen-bond acceptors (Lipinski definition) is 2. The van der Waals surface area contributed by atoms with E-state index in [0.29, 0.717) is 0 Å². The van der Waals surface area contributed by atoms with Crippen molar-refractivity contribution < 1.29 is 79.7 Å². The fraction of sp³-hybridized carbons (Fsp3) is 1.00. The summed E-state index contributed by atoms with van der Waals surface area (Å²) in [7, 11) is 0. The van der Waals surface area contributed by atoms with Crippen LogP contribution in [0, 0.1) is 0 Å². The van der Waals surface area contributed by atoms with E-state index in [9.17, 15) is 70.2 Å². The first-order chi connectivity index (χ1) is 11.5. The summed E-state index contributed by atoms with van der Waals surface area (Å²) in [5.74, 6) is -13.0. The van der Waals surface area contributed by atoms with Gasteiger partial charge in [0, 0.05) is 0 Å². The van der Waals surface area contributed by atoms with Crippen molar-refractivity contribution in [2.45, 2.75) is 48.9 Å². The Bertz CT molecular complexity index is 488. The molecule has 0 aliphatic heterocycles. The van der Waals surface area contributed by atoms with E-state index in [1.165, 1.54) is 0 Å². The second-order valence-electron chi connectivity index (χ2n) is 4.55. The average molecular weight is 448 g/mol. The quantitative estimate of drug-likeness (QED) is 0.392. The van der Waals surface area contributed by atoms with Gasteiger partial charge in [0.15, 0.2) is 0 Å². The highest BCUT2D eigenvalue weighted by Gasteiger charge is 2.69. The minimum absolute atomic E-state index is 2.20. The minimum Gasteiger partial charge on any atom is -0.340 e. The molecule has 0 aromatic rings. The zero-order valence-corrected chi connectivity index (χ0v) is 11.7. The average Bonchev–Trinajstić information content (AvgIpc) is 2.38. The highest BCUT2D eigenvalue weighted by Crippen LogP contribution is 2.45. The Morgan fingerprint density at radius 1 is 0.630 bits per heavy atom. The summed E-state index contributed by atoms with van der Waals surface area (Å²) < 4.78 is 201. The van der Waals surface area contributed by atoms with Crippen LogP contribution >= 0.6 is 0 Å². The van der Waals surface area contributed by atoms with Crippen LogP contribution in [-0.2, 0) is 9.47 Å². The molecule has 0 aliphatic rings. The predicted octanol–water partition coefficient (Wildman–Crippen LogP) is 5.23. The van der Waals surface area contributed by atoms with E-state index >= 15 is 0 Å². The summed E-state index contributed by atoms with van der Waals surface area (Å²) in [4.78, 5) is 0. The molecule has 0 amide bonds. The van der Waals surface area contributed by atoms with Crippen molar-refractivity contribution in [2.24, 2.45) is 0 Å². The number of rotatable bonds is 7. The van der Waals surface area contributed by atoms with Gasteiger partial charge >= 0.3 is 36.5 Å². The lowest BCUT2D eigenvalue weighted by Gasteiger charge is -2.33. The Balaban J connectivity index is 5.78. The summed E-state index contributed by atoms with van der Waals surface area (Å²) in [6.07, 6.45) is -37.6. The van der Waals surface area contributed by atoms with Gasteiger partial charge in [-0.3, -0.25) is 4.74 Å². The first kappa shape index (κ1) is 25.8. The van der Waals surface area contributed by atoms with Gasteiger partial charge in [0.25, 0.3) is 6.17 Å². The summed E-state index contributed by atoms with van der Waals surface area (Å²) >= 11 is 0. The lowest BCUT2D eigenvalue weighted by Crippen LogP contribution is -2.56. The van der Waals surface area contributed by atoms with Crippen LogP contribution in [0.25, 0.3) is 0 Å². The summed E-state index contributed by atoms with van der Waals surface area (Å²) in [5.41, 5.74) is 0. The van der Waals surface area contributed by atoms with E-state index in [4.69, 9.17) is 0 Å². The standard InChI is InChI=1S/C9H4F16O2/c10-2(6(15,16)17)7(18,19)27-3(5(13,14)9(23,24)25)26-1-4(11,12)8(20,21)22/h2-3H,1H2. The van der Waals surface area contributed by atoms with Crippen LogP contribution in [0.1, 0.15) is 0 Å². The first-order valence-electron chi connectivity index (χ1n) is 5.74. The van der Waals surface area contributed by atoms with Gasteiger partial charge in [0.1, 0.15) is 6.61 Å². The highest BCUT2D eigenvalue weighted by atomic mass is 19.4. The van der Waals surface area contributed by atoms with Crippen LogP contribution in [-0.4, -0.2) is 55.6 Å². The molecular formula is C9H4F16O2. The van der Waals surface area contributed by atoms with E-state index in [2.05, 4.69) is 9.47 Å². The van der Waals surface area contributed by atoms with Gasteiger partial charge in [-0.25, -0.2) is 4.39 Å². The number of hydrogen-bond donors (Lipinski definition) is 0. The first-order valence-corrected chi connectivity index (χ1v) is 5.74. The van der Waals surface area contributed by atoms with Crippen molar-refractivity contribution in [1.29, 1.82) is 0 Å². The molecule has 0 rings (SSSR count). The van der Waals surface area contributed by atoms with Crippen LogP contribution < -0.4 is 0 Å². The van der Waals surface area contributed by atoms with Gasteiger partial charge in [-0.1, -0.05) is 0 Å². The van der Waals surface area contributed by atoms with Crippen molar-refractivity contribution in [3.05, 3.63) is 0 Å². The zero-order valence-electron chi connectivity index (χ0n) is 11.7. The molecule has 0 fully saturated rings. The molecule has 2 nitrogen and oxygen atoms in total. The van der Waals surface area contributed by atoms with Gasteiger partial charge in [-0.2, -0.15) is 65.9 Å². The Kier molecular flexibility index (Phi) is 7.00. The normalized spacial score (nSPS) is 17.8. The monoisotopic (exact) mass is 448 g/mol. The van der Waals surface area contributed by atoms with E-state index in [1.54, 1.807) is 0 Å². The van der Waals surface area contributed by atoms with Crippen molar-refractivity contribution in [2.75, 3.05) is 6.61 Å². The summed E-state index contributed by atoms with van der Waals surface area (Å²) in [6.45, 7) is -3.49. The van der Waals surface area contributed by atoms with Gasteiger partial charge in [0.2, 0.25) is 6.29 Å². The molecule has 0 aliphatic carbocycles. The van der Waals surface area contributed by atoms with Crippen molar-refractivity contribution in [3.63, 3.8) is 0 Å². The van der Waals surface area contributed by atoms with E-state index < -0.39 is 55.6 Å². The van der Waals surface area contributed by atoms with Crippen molar-refractivity contribution in [3.8, 4) is 0 Å². The largest absolute Gasteiger partial charge is 0.458 e. The fourth-order valence-corrected chi connectivity index (χ4v) is 1.00. The van der Waals surface area contributed by atoms with E-state index in [1.807, 2.05) is 0 Å². The third-order valence-electron chi connectivity index (χ3n) is 2.35. The van der Waals surface area contributed by atoms with Crippen LogP contribution in [0.4, 0.5) is 70.2 Å². The topological polar surface area (TPSA) is 18.5 Å². The molecule has 164 valence electrons. The molecule has 2 unspecified atom stereocenters. The molecule has 0 N–H and O–H groups in total. The molecule has 27 heavy (non-hydrogen) atoms. The minimum atomic E-state index is -7.04. The zero-order chi connectivity index (χ0) is 22.3. The van der Waals surface area contributed by atoms with E-state index in [0.717, 1.165) is 0 Å². The third kappa shape index (κ3) is 6.15. The third-order valence-corrected chi connectivity index (χ3v) is 2.35. The second kappa shape index (κ2) is 7.32. The lowest BCUT2D eigenvalue weighted by molar-refractivity contribution is -0.440. The number of ether oxygens (including phenoxy) is 2. The molecule has 0 aromatic carbocycles. The molecule has 0 heterocycles. The van der Waals surface area contributed by atoms with Crippen molar-refractivity contribution in [1.82, 2.24) is 0 Å². The SMILES string of the molecule is FC(C(F)(F)F)C(F)(F)OC(OCC(F)(F)C(F)(F)F)C(F)(F)C(F)(F)F. The van der Waals surface area contributed by atoms with Gasteiger partial charge in [-0.15, -0.1) is 0 Å². The van der Waals surface area contributed by atoms with Crippen LogP contribution in [0.3, 0.4) is 0 Å². The smallest absolute Gasteiger partial charge is 0.340 e. The summed E-state index contributed by atoms with van der Waals surface area (Å²) in [5, 5.41) is 0. The molecule has 0 saturated heterocycles. The second-order valence-corrected chi connectivity index (χ2v) is 4.55. The molecule has 0 radical (unpaired) electrons. The van der Waals surface area contributed by atoms with Gasteiger partial charge < -0.3 is 4.74 Å². The Hall–Kier alpha value is -1.20. The van der Waals surface area contributed by atoms with Crippen LogP contribution in [0.5, 0.6) is 0 Å². The number of alkyl halides is 16. The van der Waals surface area contributed by atoms with Gasteiger partial charge in [-0.05, 0) is 0 Å². The molecule has 18 heteroatoms. The molecule has 0 bridgehead atoms. The highest BCUT2D eigenvalue weighted by molar-refractivity contribution is 4.85. The number of halogens is 16. The maximum Gasteiger partial charge on any atom is 0.458 e. The fourth-order valence-electron chi connectivity index (χ4n) is 1.00. The van der Waals surface area contributed by atoms with Crippen LogP contribution in [0.2, 0.25) is 0 Å². The Morgan fingerprint density at radius 2 is 1.04 bits per heavy atom. The Morgan fingerprint density at radius 3 is 1.33 bits per heavy atom. The van der Waals surface area contributed by atoms with Crippen LogP contribution in [0.15, 0.2) is 0 Å². The van der Waals surface area contributed by atoms with Gasteiger partial charge in [0.05, 0.1) is 0 Å². The summed E-state index contributed by atoms with van der Waals surface area (Å²) in [6, 6.07) is 0. The molecule has 0 spiro atoms. The maximum absolute atomic E-state index is 12.9. The molecular weight excluding hydrogens is 444 g/mol. The van der Waals surface area contributed by atoms with Crippen molar-refractivity contribution >= 4 is 0 Å². The molecule has 0 saturated carbocycles.